The number of rotatable bonds is 2. The van der Waals surface area contributed by atoms with Crippen LogP contribution in [0.2, 0.25) is 0 Å². The van der Waals surface area contributed by atoms with Crippen LogP contribution in [-0.4, -0.2) is 13.0 Å². The number of hydrogen-bond acceptors (Lipinski definition) is 3. The molecule has 1 amide bonds. The van der Waals surface area contributed by atoms with Crippen LogP contribution in [-0.2, 0) is 4.79 Å². The topological polar surface area (TPSA) is 52.9 Å². The Hall–Kier alpha value is -1.12. The number of hydrogen-bond donors (Lipinski definition) is 1. The van der Waals surface area contributed by atoms with E-state index in [9.17, 15) is 4.79 Å². The Bertz CT molecular complexity index is 417. The third kappa shape index (κ3) is 2.69. The van der Waals surface area contributed by atoms with Crippen molar-refractivity contribution in [2.24, 2.45) is 0 Å². The van der Waals surface area contributed by atoms with Gasteiger partial charge in [0.15, 0.2) is 0 Å². The molecule has 1 aromatic rings. The van der Waals surface area contributed by atoms with Gasteiger partial charge in [0.1, 0.15) is 11.6 Å². The van der Waals surface area contributed by atoms with Gasteiger partial charge >= 0.3 is 0 Å². The Kier molecular flexibility index (Phi) is 3.86. The molecule has 0 atom stereocenters. The van der Waals surface area contributed by atoms with E-state index in [1.54, 1.807) is 6.08 Å². The van der Waals surface area contributed by atoms with Crippen molar-refractivity contribution in [2.45, 2.75) is 0 Å². The molecule has 0 aromatic carbocycles. The highest BCUT2D eigenvalue weighted by atomic mass is 79.9. The fraction of sp³-hybridized carbons (Fsp3) is 0.111. The van der Waals surface area contributed by atoms with Crippen LogP contribution in [0.4, 0.5) is 0 Å². The van der Waals surface area contributed by atoms with Crippen molar-refractivity contribution >= 4 is 39.2 Å². The number of nitriles is 1. The van der Waals surface area contributed by atoms with Crippen molar-refractivity contribution in [1.82, 2.24) is 5.32 Å². The van der Waals surface area contributed by atoms with E-state index in [2.05, 4.69) is 21.2 Å². The molecule has 0 fully saturated rings. The van der Waals surface area contributed by atoms with Crippen molar-refractivity contribution in [3.8, 4) is 6.07 Å². The Morgan fingerprint density at radius 3 is 2.93 bits per heavy atom. The average Bonchev–Trinajstić information content (AvgIpc) is 2.59. The van der Waals surface area contributed by atoms with E-state index in [1.807, 2.05) is 17.5 Å². The maximum Gasteiger partial charge on any atom is 0.261 e. The lowest BCUT2D eigenvalue weighted by Gasteiger charge is -1.94. The van der Waals surface area contributed by atoms with Crippen LogP contribution in [0.5, 0.6) is 0 Å². The first kappa shape index (κ1) is 11.0. The van der Waals surface area contributed by atoms with Crippen LogP contribution in [0.1, 0.15) is 4.88 Å². The molecule has 0 aliphatic carbocycles. The third-order valence-electron chi connectivity index (χ3n) is 1.47. The molecule has 0 spiro atoms. The predicted molar refractivity (Wildman–Crippen MR) is 59.7 cm³/mol. The molecule has 0 bridgehead atoms. The fourth-order valence-corrected chi connectivity index (χ4v) is 2.21. The van der Waals surface area contributed by atoms with Gasteiger partial charge in [0.2, 0.25) is 0 Å². The standard InChI is InChI=1S/C9H7BrN2OS/c1-12-9(13)6(4-11)2-8-3-7(10)5-14-8/h2-3,5H,1H3,(H,12,13)/b6-2+. The first-order valence-electron chi connectivity index (χ1n) is 3.75. The minimum Gasteiger partial charge on any atom is -0.354 e. The van der Waals surface area contributed by atoms with Gasteiger partial charge in [0.05, 0.1) is 0 Å². The zero-order chi connectivity index (χ0) is 10.6. The van der Waals surface area contributed by atoms with E-state index in [1.165, 1.54) is 18.4 Å². The van der Waals surface area contributed by atoms with Crippen LogP contribution in [0.25, 0.3) is 6.08 Å². The van der Waals surface area contributed by atoms with Crippen LogP contribution < -0.4 is 5.32 Å². The van der Waals surface area contributed by atoms with Crippen LogP contribution in [0, 0.1) is 11.3 Å². The molecule has 1 aromatic heterocycles. The van der Waals surface area contributed by atoms with Crippen molar-refractivity contribution in [3.63, 3.8) is 0 Å². The van der Waals surface area contributed by atoms with Crippen molar-refractivity contribution in [2.75, 3.05) is 7.05 Å². The molecule has 72 valence electrons. The minimum atomic E-state index is -0.364. The number of nitrogens with zero attached hydrogens (tertiary/aromatic N) is 1. The lowest BCUT2D eigenvalue weighted by atomic mass is 10.2. The van der Waals surface area contributed by atoms with E-state index < -0.39 is 0 Å². The minimum absolute atomic E-state index is 0.113. The third-order valence-corrected chi connectivity index (χ3v) is 3.11. The Morgan fingerprint density at radius 1 is 1.79 bits per heavy atom. The van der Waals surface area contributed by atoms with Crippen molar-refractivity contribution < 1.29 is 4.79 Å². The summed E-state index contributed by atoms with van der Waals surface area (Å²) in [6.07, 6.45) is 1.56. The van der Waals surface area contributed by atoms with Gasteiger partial charge in [-0.05, 0) is 28.1 Å². The highest BCUT2D eigenvalue weighted by molar-refractivity contribution is 9.10. The van der Waals surface area contributed by atoms with Crippen molar-refractivity contribution in [3.05, 3.63) is 26.4 Å². The number of thiophene rings is 1. The normalized spacial score (nSPS) is 10.8. The summed E-state index contributed by atoms with van der Waals surface area (Å²) >= 11 is 4.76. The summed E-state index contributed by atoms with van der Waals surface area (Å²) in [5.41, 5.74) is 0.113. The summed E-state index contributed by atoms with van der Waals surface area (Å²) < 4.78 is 0.947. The molecule has 1 rings (SSSR count). The quantitative estimate of drug-likeness (QED) is 0.662. The molecular weight excluding hydrogens is 264 g/mol. The zero-order valence-corrected chi connectivity index (χ0v) is 9.78. The molecule has 0 saturated carbocycles. The molecule has 0 saturated heterocycles. The summed E-state index contributed by atoms with van der Waals surface area (Å²) in [6.45, 7) is 0. The van der Waals surface area contributed by atoms with Gasteiger partial charge in [0, 0.05) is 21.8 Å². The molecule has 5 heteroatoms. The Morgan fingerprint density at radius 2 is 2.50 bits per heavy atom. The maximum absolute atomic E-state index is 11.1. The van der Waals surface area contributed by atoms with Gasteiger partial charge < -0.3 is 5.32 Å². The van der Waals surface area contributed by atoms with Gasteiger partial charge in [-0.1, -0.05) is 0 Å². The lowest BCUT2D eigenvalue weighted by molar-refractivity contribution is -0.116. The first-order valence-corrected chi connectivity index (χ1v) is 5.42. The highest BCUT2D eigenvalue weighted by Crippen LogP contribution is 2.21. The van der Waals surface area contributed by atoms with Crippen LogP contribution in [0.3, 0.4) is 0 Å². The number of halogens is 1. The molecule has 1 N–H and O–H groups in total. The number of carbonyl (C=O) groups is 1. The molecule has 1 heterocycles. The van der Waals surface area contributed by atoms with Crippen LogP contribution >= 0.6 is 27.3 Å². The lowest BCUT2D eigenvalue weighted by Crippen LogP contribution is -2.18. The summed E-state index contributed by atoms with van der Waals surface area (Å²) in [4.78, 5) is 12.0. The fourth-order valence-electron chi connectivity index (χ4n) is 0.829. The largest absolute Gasteiger partial charge is 0.354 e. The molecule has 0 unspecified atom stereocenters. The summed E-state index contributed by atoms with van der Waals surface area (Å²) in [6, 6.07) is 3.70. The Labute approximate surface area is 94.2 Å². The van der Waals surface area contributed by atoms with Gasteiger partial charge in [-0.2, -0.15) is 5.26 Å². The summed E-state index contributed by atoms with van der Waals surface area (Å²) in [5, 5.41) is 13.0. The smallest absolute Gasteiger partial charge is 0.261 e. The average molecular weight is 271 g/mol. The molecule has 0 radical (unpaired) electrons. The second-order valence-corrected chi connectivity index (χ2v) is 4.27. The van der Waals surface area contributed by atoms with E-state index in [0.29, 0.717) is 0 Å². The number of carbonyl (C=O) groups excluding carboxylic acids is 1. The van der Waals surface area contributed by atoms with Gasteiger partial charge in [-0.3, -0.25) is 4.79 Å². The molecule has 0 aliphatic rings. The van der Waals surface area contributed by atoms with E-state index in [4.69, 9.17) is 5.26 Å². The van der Waals surface area contributed by atoms with E-state index >= 15 is 0 Å². The first-order chi connectivity index (χ1) is 6.67. The summed E-state index contributed by atoms with van der Waals surface area (Å²) in [7, 11) is 1.50. The number of amides is 1. The van der Waals surface area contributed by atoms with Crippen molar-refractivity contribution in [1.29, 1.82) is 5.26 Å². The highest BCUT2D eigenvalue weighted by Gasteiger charge is 2.06. The molecule has 14 heavy (non-hydrogen) atoms. The Balaban J connectivity index is 2.96. The number of likely N-dealkylation sites (N-methyl/N-ethyl adjacent to an activating group) is 1. The molecule has 0 aliphatic heterocycles. The van der Waals surface area contributed by atoms with E-state index in [0.717, 1.165) is 9.35 Å². The molecular formula is C9H7BrN2OS. The molecule has 3 nitrogen and oxygen atoms in total. The van der Waals surface area contributed by atoms with Gasteiger partial charge in [0.25, 0.3) is 5.91 Å². The summed E-state index contributed by atoms with van der Waals surface area (Å²) in [5.74, 6) is -0.364. The van der Waals surface area contributed by atoms with Gasteiger partial charge in [-0.15, -0.1) is 11.3 Å². The second-order valence-electron chi connectivity index (χ2n) is 2.42. The van der Waals surface area contributed by atoms with E-state index in [-0.39, 0.29) is 11.5 Å². The SMILES string of the molecule is CNC(=O)/C(C#N)=C/c1cc(Br)cs1. The van der Waals surface area contributed by atoms with Gasteiger partial charge in [-0.25, -0.2) is 0 Å². The number of nitrogens with one attached hydrogen (secondary N) is 1. The second kappa shape index (κ2) is 4.94. The predicted octanol–water partition coefficient (Wildman–Crippen LogP) is 2.16. The monoisotopic (exact) mass is 270 g/mol. The van der Waals surface area contributed by atoms with Crippen LogP contribution in [0.15, 0.2) is 21.5 Å². The zero-order valence-electron chi connectivity index (χ0n) is 7.37. The maximum atomic E-state index is 11.1.